The second kappa shape index (κ2) is 6.84. The average molecular weight is 297 g/mol. The van der Waals surface area contributed by atoms with Gasteiger partial charge in [0.15, 0.2) is 0 Å². The Bertz CT molecular complexity index is 423. The van der Waals surface area contributed by atoms with Gasteiger partial charge in [-0.25, -0.2) is 9.97 Å². The van der Waals surface area contributed by atoms with Crippen molar-refractivity contribution < 1.29 is 0 Å². The van der Waals surface area contributed by atoms with Crippen LogP contribution >= 0.6 is 23.5 Å². The predicted molar refractivity (Wildman–Crippen MR) is 87.2 cm³/mol. The Labute approximate surface area is 124 Å². The van der Waals surface area contributed by atoms with Crippen molar-refractivity contribution in [2.75, 3.05) is 23.9 Å². The molecule has 0 aliphatic carbocycles. The van der Waals surface area contributed by atoms with Crippen LogP contribution in [0.5, 0.6) is 0 Å². The highest BCUT2D eigenvalue weighted by atomic mass is 32.2. The highest BCUT2D eigenvalue weighted by Gasteiger charge is 2.27. The molecule has 1 aromatic rings. The Hall–Kier alpha value is -0.420. The molecule has 2 heterocycles. The van der Waals surface area contributed by atoms with Gasteiger partial charge in [0.1, 0.15) is 11.6 Å². The first-order valence-corrected chi connectivity index (χ1v) is 8.98. The molecule has 1 fully saturated rings. The summed E-state index contributed by atoms with van der Waals surface area (Å²) in [6, 6.07) is 2.08. The third-order valence-electron chi connectivity index (χ3n) is 3.11. The molecule has 2 rings (SSSR count). The van der Waals surface area contributed by atoms with Crippen LogP contribution in [0.15, 0.2) is 6.07 Å². The van der Waals surface area contributed by atoms with Crippen LogP contribution in [0.1, 0.15) is 37.5 Å². The molecule has 1 N–H and O–H groups in total. The van der Waals surface area contributed by atoms with Crippen LogP contribution in [0.3, 0.4) is 0 Å². The zero-order chi connectivity index (χ0) is 13.8. The second-order valence-electron chi connectivity index (χ2n) is 5.32. The highest BCUT2D eigenvalue weighted by molar-refractivity contribution is 8.06. The van der Waals surface area contributed by atoms with Gasteiger partial charge >= 0.3 is 0 Å². The monoisotopic (exact) mass is 297 g/mol. The van der Waals surface area contributed by atoms with Gasteiger partial charge in [0.05, 0.1) is 5.25 Å². The maximum atomic E-state index is 4.81. The lowest BCUT2D eigenvalue weighted by Gasteiger charge is -2.27. The molecule has 0 amide bonds. The molecule has 1 aliphatic rings. The van der Waals surface area contributed by atoms with Crippen molar-refractivity contribution in [2.24, 2.45) is 5.92 Å². The van der Waals surface area contributed by atoms with E-state index >= 15 is 0 Å². The minimum absolute atomic E-state index is 0.429. The summed E-state index contributed by atoms with van der Waals surface area (Å²) in [5.41, 5.74) is 1.16. The minimum atomic E-state index is 0.429. The lowest BCUT2D eigenvalue weighted by Crippen LogP contribution is -2.19. The van der Waals surface area contributed by atoms with Crippen molar-refractivity contribution in [3.63, 3.8) is 0 Å². The van der Waals surface area contributed by atoms with Crippen molar-refractivity contribution in [3.05, 3.63) is 17.6 Å². The molecule has 19 heavy (non-hydrogen) atoms. The number of nitrogens with zero attached hydrogens (tertiary/aromatic N) is 2. The molecule has 1 aliphatic heterocycles. The molecular formula is C14H23N3S2. The van der Waals surface area contributed by atoms with E-state index in [-0.39, 0.29) is 0 Å². The first-order chi connectivity index (χ1) is 9.10. The van der Waals surface area contributed by atoms with Gasteiger partial charge in [0, 0.05) is 35.6 Å². The molecular weight excluding hydrogens is 274 g/mol. The fraction of sp³-hybridized carbons (Fsp3) is 0.714. The SMILES string of the molecule is CNc1cc(CC(C)C)nc(C2SCCSC2C)n1. The van der Waals surface area contributed by atoms with Crippen LogP contribution in [-0.4, -0.2) is 33.8 Å². The standard InChI is InChI=1S/C14H23N3S2/c1-9(2)7-11-8-12(15-4)17-14(16-11)13-10(3)18-5-6-19-13/h8-10,13H,5-7H2,1-4H3,(H,15,16,17). The number of rotatable bonds is 4. The average Bonchev–Trinajstić information content (AvgIpc) is 2.38. The van der Waals surface area contributed by atoms with E-state index in [1.807, 2.05) is 30.6 Å². The van der Waals surface area contributed by atoms with Crippen molar-refractivity contribution in [1.29, 1.82) is 0 Å². The van der Waals surface area contributed by atoms with Crippen molar-refractivity contribution in [3.8, 4) is 0 Å². The Kier molecular flexibility index (Phi) is 5.39. The normalized spacial score (nSPS) is 23.6. The van der Waals surface area contributed by atoms with Gasteiger partial charge in [-0.3, -0.25) is 0 Å². The summed E-state index contributed by atoms with van der Waals surface area (Å²) in [4.78, 5) is 9.49. The molecule has 0 bridgehead atoms. The Morgan fingerprint density at radius 2 is 2.05 bits per heavy atom. The van der Waals surface area contributed by atoms with Gasteiger partial charge in [0.25, 0.3) is 0 Å². The Morgan fingerprint density at radius 1 is 1.32 bits per heavy atom. The lowest BCUT2D eigenvalue weighted by molar-refractivity contribution is 0.629. The van der Waals surface area contributed by atoms with Gasteiger partial charge in [-0.1, -0.05) is 20.8 Å². The number of thioether (sulfide) groups is 2. The van der Waals surface area contributed by atoms with Gasteiger partial charge < -0.3 is 5.32 Å². The third-order valence-corrected chi connectivity index (χ3v) is 6.20. The quantitative estimate of drug-likeness (QED) is 0.918. The van der Waals surface area contributed by atoms with Crippen molar-refractivity contribution >= 4 is 29.3 Å². The van der Waals surface area contributed by atoms with E-state index < -0.39 is 0 Å². The number of hydrogen-bond acceptors (Lipinski definition) is 5. The molecule has 1 saturated heterocycles. The number of hydrogen-bond donors (Lipinski definition) is 1. The molecule has 106 valence electrons. The maximum absolute atomic E-state index is 4.81. The summed E-state index contributed by atoms with van der Waals surface area (Å²) in [5.74, 6) is 5.02. The number of aromatic nitrogens is 2. The zero-order valence-electron chi connectivity index (χ0n) is 12.1. The van der Waals surface area contributed by atoms with E-state index in [9.17, 15) is 0 Å². The van der Waals surface area contributed by atoms with Crippen LogP contribution in [0, 0.1) is 5.92 Å². The fourth-order valence-corrected chi connectivity index (χ4v) is 4.90. The van der Waals surface area contributed by atoms with Crippen LogP contribution in [0.2, 0.25) is 0 Å². The minimum Gasteiger partial charge on any atom is -0.373 e. The molecule has 0 spiro atoms. The molecule has 2 unspecified atom stereocenters. The van der Waals surface area contributed by atoms with E-state index in [0.717, 1.165) is 23.8 Å². The first-order valence-electron chi connectivity index (χ1n) is 6.89. The van der Waals surface area contributed by atoms with Gasteiger partial charge in [-0.2, -0.15) is 11.8 Å². The summed E-state index contributed by atoms with van der Waals surface area (Å²) in [5, 5.41) is 4.19. The molecule has 3 nitrogen and oxygen atoms in total. The number of anilines is 1. The third kappa shape index (κ3) is 4.02. The number of nitrogens with one attached hydrogen (secondary N) is 1. The molecule has 2 atom stereocenters. The van der Waals surface area contributed by atoms with Gasteiger partial charge in [0.2, 0.25) is 0 Å². The molecule has 5 heteroatoms. The Balaban J connectivity index is 2.27. The second-order valence-corrected chi connectivity index (χ2v) is 8.05. The van der Waals surface area contributed by atoms with Gasteiger partial charge in [-0.05, 0) is 12.3 Å². The topological polar surface area (TPSA) is 37.8 Å². The van der Waals surface area contributed by atoms with Crippen LogP contribution in [0.25, 0.3) is 0 Å². The first kappa shape index (κ1) is 15.0. The molecule has 0 aromatic carbocycles. The predicted octanol–water partition coefficient (Wildman–Crippen LogP) is 3.63. The largest absolute Gasteiger partial charge is 0.373 e. The van der Waals surface area contributed by atoms with E-state index in [2.05, 4.69) is 37.1 Å². The van der Waals surface area contributed by atoms with Gasteiger partial charge in [-0.15, -0.1) is 11.8 Å². The van der Waals surface area contributed by atoms with Crippen molar-refractivity contribution in [1.82, 2.24) is 9.97 Å². The van der Waals surface area contributed by atoms with E-state index in [4.69, 9.17) is 4.98 Å². The fourth-order valence-electron chi connectivity index (χ4n) is 2.21. The van der Waals surface area contributed by atoms with Crippen LogP contribution < -0.4 is 5.32 Å². The Morgan fingerprint density at radius 3 is 2.68 bits per heavy atom. The van der Waals surface area contributed by atoms with E-state index in [1.165, 1.54) is 11.5 Å². The molecule has 0 radical (unpaired) electrons. The van der Waals surface area contributed by atoms with Crippen LogP contribution in [0.4, 0.5) is 5.82 Å². The maximum Gasteiger partial charge on any atom is 0.145 e. The summed E-state index contributed by atoms with van der Waals surface area (Å²) < 4.78 is 0. The van der Waals surface area contributed by atoms with E-state index in [1.54, 1.807) is 0 Å². The van der Waals surface area contributed by atoms with Crippen molar-refractivity contribution in [2.45, 2.75) is 37.7 Å². The lowest BCUT2D eigenvalue weighted by atomic mass is 10.1. The van der Waals surface area contributed by atoms with Crippen LogP contribution in [-0.2, 0) is 6.42 Å². The summed E-state index contributed by atoms with van der Waals surface area (Å²) in [7, 11) is 1.93. The molecule has 0 saturated carbocycles. The highest BCUT2D eigenvalue weighted by Crippen LogP contribution is 2.41. The molecule has 1 aromatic heterocycles. The summed E-state index contributed by atoms with van der Waals surface area (Å²) in [6.45, 7) is 6.75. The smallest absolute Gasteiger partial charge is 0.145 e. The van der Waals surface area contributed by atoms with E-state index in [0.29, 0.717) is 16.4 Å². The summed E-state index contributed by atoms with van der Waals surface area (Å²) >= 11 is 4.03. The summed E-state index contributed by atoms with van der Waals surface area (Å²) in [6.07, 6.45) is 1.02. The zero-order valence-corrected chi connectivity index (χ0v) is 13.8.